The molecule has 88 valence electrons. The van der Waals surface area contributed by atoms with Gasteiger partial charge in [0.15, 0.2) is 5.76 Å². The Morgan fingerprint density at radius 1 is 1.53 bits per heavy atom. The summed E-state index contributed by atoms with van der Waals surface area (Å²) in [4.78, 5) is 15.5. The van der Waals surface area contributed by atoms with Crippen LogP contribution in [0.3, 0.4) is 0 Å². The van der Waals surface area contributed by atoms with Crippen molar-refractivity contribution in [2.75, 3.05) is 7.11 Å². The summed E-state index contributed by atoms with van der Waals surface area (Å²) in [5.74, 6) is 0.539. The first-order valence-corrected chi connectivity index (χ1v) is 5.85. The van der Waals surface area contributed by atoms with Gasteiger partial charge < -0.3 is 9.26 Å². The van der Waals surface area contributed by atoms with Crippen molar-refractivity contribution in [2.24, 2.45) is 0 Å². The molecule has 17 heavy (non-hydrogen) atoms. The van der Waals surface area contributed by atoms with Crippen molar-refractivity contribution in [3.63, 3.8) is 0 Å². The predicted octanol–water partition coefficient (Wildman–Crippen LogP) is 2.15. The van der Waals surface area contributed by atoms with Crippen LogP contribution < -0.4 is 0 Å². The second-order valence-electron chi connectivity index (χ2n) is 3.11. The van der Waals surface area contributed by atoms with Gasteiger partial charge in [-0.25, -0.2) is 9.78 Å². The van der Waals surface area contributed by atoms with E-state index in [0.717, 1.165) is 5.03 Å². The van der Waals surface area contributed by atoms with E-state index >= 15 is 0 Å². The van der Waals surface area contributed by atoms with Crippen molar-refractivity contribution in [2.45, 2.75) is 10.8 Å². The first-order chi connectivity index (χ1) is 8.31. The van der Waals surface area contributed by atoms with E-state index < -0.39 is 5.97 Å². The highest BCUT2D eigenvalue weighted by Gasteiger charge is 2.16. The van der Waals surface area contributed by atoms with Crippen molar-refractivity contribution >= 4 is 17.7 Å². The van der Waals surface area contributed by atoms with Gasteiger partial charge in [-0.3, -0.25) is 0 Å². The largest absolute Gasteiger partial charge is 0.465 e. The average Bonchev–Trinajstić information content (AvgIpc) is 2.85. The van der Waals surface area contributed by atoms with Gasteiger partial charge in [-0.05, 0) is 12.1 Å². The third kappa shape index (κ3) is 2.85. The van der Waals surface area contributed by atoms with Gasteiger partial charge >= 0.3 is 5.97 Å². The predicted molar refractivity (Wildman–Crippen MR) is 61.6 cm³/mol. The molecule has 0 fully saturated rings. The van der Waals surface area contributed by atoms with E-state index in [1.807, 2.05) is 18.2 Å². The summed E-state index contributed by atoms with van der Waals surface area (Å²) < 4.78 is 9.63. The zero-order valence-electron chi connectivity index (χ0n) is 9.12. The monoisotopic (exact) mass is 250 g/mol. The van der Waals surface area contributed by atoms with Gasteiger partial charge in [0.25, 0.3) is 0 Å². The molecule has 0 bridgehead atoms. The molecular weight excluding hydrogens is 240 g/mol. The van der Waals surface area contributed by atoms with E-state index in [1.165, 1.54) is 25.1 Å². The van der Waals surface area contributed by atoms with Crippen LogP contribution in [-0.2, 0) is 10.5 Å². The topological polar surface area (TPSA) is 65.2 Å². The molecular formula is C11H10N2O3S. The SMILES string of the molecule is COC(=O)c1cnoc1CSc1ccccn1. The lowest BCUT2D eigenvalue weighted by Gasteiger charge is -1.99. The van der Waals surface area contributed by atoms with E-state index in [-0.39, 0.29) is 0 Å². The Morgan fingerprint density at radius 3 is 3.12 bits per heavy atom. The summed E-state index contributed by atoms with van der Waals surface area (Å²) in [6.07, 6.45) is 3.07. The smallest absolute Gasteiger partial charge is 0.343 e. The molecule has 0 unspecified atom stereocenters. The number of thioether (sulfide) groups is 1. The molecule has 5 nitrogen and oxygen atoms in total. The minimum Gasteiger partial charge on any atom is -0.465 e. The van der Waals surface area contributed by atoms with E-state index in [9.17, 15) is 4.79 Å². The van der Waals surface area contributed by atoms with Gasteiger partial charge in [0.05, 0.1) is 24.1 Å². The molecule has 0 aliphatic carbocycles. The summed E-state index contributed by atoms with van der Waals surface area (Å²) in [5.41, 5.74) is 0.357. The number of carbonyl (C=O) groups is 1. The number of hydrogen-bond donors (Lipinski definition) is 0. The lowest BCUT2D eigenvalue weighted by Crippen LogP contribution is -2.02. The maximum Gasteiger partial charge on any atom is 0.343 e. The molecule has 2 aromatic heterocycles. The second-order valence-corrected chi connectivity index (χ2v) is 4.11. The molecule has 0 amide bonds. The number of hydrogen-bond acceptors (Lipinski definition) is 6. The molecule has 0 aromatic carbocycles. The number of ether oxygens (including phenoxy) is 1. The fourth-order valence-electron chi connectivity index (χ4n) is 1.22. The maximum atomic E-state index is 11.4. The molecule has 0 aliphatic heterocycles. The number of nitrogens with zero attached hydrogens (tertiary/aromatic N) is 2. The van der Waals surface area contributed by atoms with Gasteiger partial charge in [0, 0.05) is 6.20 Å². The summed E-state index contributed by atoms with van der Waals surface area (Å²) in [5, 5.41) is 4.45. The van der Waals surface area contributed by atoms with Crippen LogP contribution in [0.5, 0.6) is 0 Å². The Morgan fingerprint density at radius 2 is 2.41 bits per heavy atom. The molecule has 0 N–H and O–H groups in total. The summed E-state index contributed by atoms with van der Waals surface area (Å²) in [6, 6.07) is 5.63. The Kier molecular flexibility index (Phi) is 3.77. The molecule has 6 heteroatoms. The van der Waals surface area contributed by atoms with Crippen LogP contribution in [0.1, 0.15) is 16.1 Å². The number of esters is 1. The van der Waals surface area contributed by atoms with Crippen molar-refractivity contribution < 1.29 is 14.1 Å². The molecule has 0 radical (unpaired) electrons. The summed E-state index contributed by atoms with van der Waals surface area (Å²) >= 11 is 1.47. The van der Waals surface area contributed by atoms with Crippen molar-refractivity contribution in [1.29, 1.82) is 0 Å². The fraction of sp³-hybridized carbons (Fsp3) is 0.182. The molecule has 0 saturated carbocycles. The number of aromatic nitrogens is 2. The Labute approximate surface area is 102 Å². The van der Waals surface area contributed by atoms with E-state index in [4.69, 9.17) is 4.52 Å². The lowest BCUT2D eigenvalue weighted by molar-refractivity contribution is 0.0598. The van der Waals surface area contributed by atoms with Crippen LogP contribution in [0.4, 0.5) is 0 Å². The minimum atomic E-state index is -0.442. The van der Waals surface area contributed by atoms with Crippen LogP contribution in [0, 0.1) is 0 Å². The first kappa shape index (κ1) is 11.7. The zero-order chi connectivity index (χ0) is 12.1. The number of pyridine rings is 1. The van der Waals surface area contributed by atoms with Crippen molar-refractivity contribution in [3.05, 3.63) is 41.9 Å². The number of carbonyl (C=O) groups excluding carboxylic acids is 1. The highest BCUT2D eigenvalue weighted by Crippen LogP contribution is 2.22. The molecule has 0 spiro atoms. The first-order valence-electron chi connectivity index (χ1n) is 4.87. The van der Waals surface area contributed by atoms with Gasteiger partial charge in [-0.15, -0.1) is 0 Å². The fourth-order valence-corrected chi connectivity index (χ4v) is 2.01. The Balaban J connectivity index is 2.05. The Bertz CT molecular complexity index is 498. The standard InChI is InChI=1S/C11H10N2O3S/c1-15-11(14)8-6-13-16-9(8)7-17-10-4-2-3-5-12-10/h2-6H,7H2,1H3. The van der Waals surface area contributed by atoms with E-state index in [1.54, 1.807) is 6.20 Å². The molecule has 2 aromatic rings. The van der Waals surface area contributed by atoms with E-state index in [2.05, 4.69) is 14.9 Å². The summed E-state index contributed by atoms with van der Waals surface area (Å²) in [7, 11) is 1.32. The van der Waals surface area contributed by atoms with E-state index in [0.29, 0.717) is 17.1 Å². The van der Waals surface area contributed by atoms with Crippen LogP contribution in [0.25, 0.3) is 0 Å². The van der Waals surface area contributed by atoms with Crippen molar-refractivity contribution in [1.82, 2.24) is 10.1 Å². The van der Waals surface area contributed by atoms with Crippen LogP contribution in [0.15, 0.2) is 40.1 Å². The normalized spacial score (nSPS) is 10.2. The third-order valence-corrected chi connectivity index (χ3v) is 2.98. The molecule has 2 rings (SSSR count). The average molecular weight is 250 g/mol. The number of methoxy groups -OCH3 is 1. The van der Waals surface area contributed by atoms with Crippen LogP contribution >= 0.6 is 11.8 Å². The molecule has 0 aliphatic rings. The minimum absolute atomic E-state index is 0.357. The Hall–Kier alpha value is -1.82. The highest BCUT2D eigenvalue weighted by atomic mass is 32.2. The third-order valence-electron chi connectivity index (χ3n) is 2.04. The van der Waals surface area contributed by atoms with Crippen LogP contribution in [-0.4, -0.2) is 23.2 Å². The highest BCUT2D eigenvalue weighted by molar-refractivity contribution is 7.98. The number of rotatable bonds is 4. The van der Waals surface area contributed by atoms with Crippen LogP contribution in [0.2, 0.25) is 0 Å². The maximum absolute atomic E-state index is 11.4. The van der Waals surface area contributed by atoms with Gasteiger partial charge in [0.1, 0.15) is 5.56 Å². The molecule has 0 atom stereocenters. The molecule has 0 saturated heterocycles. The zero-order valence-corrected chi connectivity index (χ0v) is 9.94. The van der Waals surface area contributed by atoms with Gasteiger partial charge in [-0.1, -0.05) is 23.0 Å². The quantitative estimate of drug-likeness (QED) is 0.612. The van der Waals surface area contributed by atoms with Crippen molar-refractivity contribution in [3.8, 4) is 0 Å². The van der Waals surface area contributed by atoms with Gasteiger partial charge in [-0.2, -0.15) is 0 Å². The lowest BCUT2D eigenvalue weighted by atomic mass is 10.3. The van der Waals surface area contributed by atoms with Gasteiger partial charge in [0.2, 0.25) is 0 Å². The molecule has 2 heterocycles. The summed E-state index contributed by atoms with van der Waals surface area (Å²) in [6.45, 7) is 0. The second kappa shape index (κ2) is 5.49.